The molecule has 4 heteroatoms. The number of aliphatic hydroxyl groups is 1. The summed E-state index contributed by atoms with van der Waals surface area (Å²) in [5, 5.41) is 9.46. The fourth-order valence-corrected chi connectivity index (χ4v) is 1.89. The van der Waals surface area contributed by atoms with Crippen molar-refractivity contribution >= 4 is 11.4 Å². The summed E-state index contributed by atoms with van der Waals surface area (Å²) in [6, 6.07) is 11.6. The molecule has 0 aliphatic rings. The number of aliphatic hydroxyl groups excluding tert-OH is 1. The Morgan fingerprint density at radius 1 is 1.21 bits per heavy atom. The second-order valence-electron chi connectivity index (χ2n) is 4.35. The Hall–Kier alpha value is -2.07. The molecule has 2 aromatic rings. The van der Waals surface area contributed by atoms with E-state index < -0.39 is 6.10 Å². The summed E-state index contributed by atoms with van der Waals surface area (Å²) in [4.78, 5) is 6.25. The Labute approximate surface area is 113 Å². The fraction of sp³-hybridized carbons (Fsp3) is 0.267. The number of methoxy groups -OCH3 is 1. The van der Waals surface area contributed by atoms with Gasteiger partial charge in [-0.3, -0.25) is 4.98 Å². The van der Waals surface area contributed by atoms with E-state index in [0.717, 1.165) is 17.1 Å². The lowest BCUT2D eigenvalue weighted by atomic mass is 10.2. The van der Waals surface area contributed by atoms with Crippen LogP contribution >= 0.6 is 0 Å². The second-order valence-corrected chi connectivity index (χ2v) is 4.35. The first-order valence-electron chi connectivity index (χ1n) is 6.14. The van der Waals surface area contributed by atoms with Crippen LogP contribution in [0, 0.1) is 0 Å². The molecule has 0 aliphatic carbocycles. The van der Waals surface area contributed by atoms with Crippen LogP contribution in [-0.2, 0) is 0 Å². The van der Waals surface area contributed by atoms with Gasteiger partial charge in [0.15, 0.2) is 0 Å². The normalized spacial score (nSPS) is 12.0. The largest absolute Gasteiger partial charge is 0.495 e. The lowest BCUT2D eigenvalue weighted by molar-refractivity contribution is 0.194. The molecule has 4 nitrogen and oxygen atoms in total. The van der Waals surface area contributed by atoms with E-state index in [1.54, 1.807) is 20.2 Å². The number of para-hydroxylation sites is 2. The average Bonchev–Trinajstić information content (AvgIpc) is 2.46. The minimum atomic E-state index is -0.550. The summed E-state index contributed by atoms with van der Waals surface area (Å²) in [6.45, 7) is 1.70. The zero-order chi connectivity index (χ0) is 13.8. The van der Waals surface area contributed by atoms with Crippen molar-refractivity contribution in [3.63, 3.8) is 0 Å². The van der Waals surface area contributed by atoms with E-state index in [1.807, 2.05) is 48.3 Å². The van der Waals surface area contributed by atoms with Gasteiger partial charge in [0.25, 0.3) is 0 Å². The molecule has 0 fully saturated rings. The first kappa shape index (κ1) is 13.4. The standard InChI is InChI=1S/C15H18N2O2/c1-11(18)13-9-8-12(10-16-13)17(2)14-6-4-5-7-15(14)19-3/h4-11,18H,1-3H3/t11-/m1/s1. The number of anilines is 2. The average molecular weight is 258 g/mol. The first-order valence-corrected chi connectivity index (χ1v) is 6.14. The Balaban J connectivity index is 2.30. The van der Waals surface area contributed by atoms with Crippen molar-refractivity contribution in [2.24, 2.45) is 0 Å². The number of aromatic nitrogens is 1. The zero-order valence-electron chi connectivity index (χ0n) is 11.4. The summed E-state index contributed by atoms with van der Waals surface area (Å²) in [5.41, 5.74) is 2.57. The van der Waals surface area contributed by atoms with Crippen LogP contribution in [0.1, 0.15) is 18.7 Å². The van der Waals surface area contributed by atoms with Crippen LogP contribution in [-0.4, -0.2) is 24.2 Å². The second kappa shape index (κ2) is 5.71. The van der Waals surface area contributed by atoms with Crippen molar-refractivity contribution in [2.45, 2.75) is 13.0 Å². The predicted octanol–water partition coefficient (Wildman–Crippen LogP) is 2.91. The molecule has 0 saturated heterocycles. The van der Waals surface area contributed by atoms with Gasteiger partial charge >= 0.3 is 0 Å². The summed E-state index contributed by atoms with van der Waals surface area (Å²) < 4.78 is 5.35. The molecular formula is C15H18N2O2. The summed E-state index contributed by atoms with van der Waals surface area (Å²) in [5.74, 6) is 0.810. The van der Waals surface area contributed by atoms with Crippen LogP contribution in [0.3, 0.4) is 0 Å². The minimum Gasteiger partial charge on any atom is -0.495 e. The predicted molar refractivity (Wildman–Crippen MR) is 75.9 cm³/mol. The van der Waals surface area contributed by atoms with Gasteiger partial charge in [0.05, 0.1) is 36.5 Å². The maximum absolute atomic E-state index is 9.46. The quantitative estimate of drug-likeness (QED) is 0.916. The molecule has 0 aliphatic heterocycles. The van der Waals surface area contributed by atoms with Gasteiger partial charge in [-0.15, -0.1) is 0 Å². The van der Waals surface area contributed by atoms with Gasteiger partial charge in [-0.1, -0.05) is 12.1 Å². The highest BCUT2D eigenvalue weighted by Gasteiger charge is 2.10. The number of nitrogens with zero attached hydrogens (tertiary/aromatic N) is 2. The van der Waals surface area contributed by atoms with E-state index in [2.05, 4.69) is 4.98 Å². The third-order valence-electron chi connectivity index (χ3n) is 3.03. The molecule has 1 heterocycles. The number of hydrogen-bond donors (Lipinski definition) is 1. The molecule has 0 saturated carbocycles. The number of benzene rings is 1. The molecule has 1 atom stereocenters. The lowest BCUT2D eigenvalue weighted by Crippen LogP contribution is -2.11. The smallest absolute Gasteiger partial charge is 0.142 e. The molecule has 19 heavy (non-hydrogen) atoms. The molecule has 1 N–H and O–H groups in total. The summed E-state index contributed by atoms with van der Waals surface area (Å²) >= 11 is 0. The van der Waals surface area contributed by atoms with Crippen LogP contribution in [0.5, 0.6) is 5.75 Å². The van der Waals surface area contributed by atoms with Gasteiger partial charge in [0.1, 0.15) is 5.75 Å². The van der Waals surface area contributed by atoms with Crippen molar-refractivity contribution in [1.29, 1.82) is 0 Å². The van der Waals surface area contributed by atoms with Crippen LogP contribution in [0.15, 0.2) is 42.6 Å². The van der Waals surface area contributed by atoms with E-state index in [1.165, 1.54) is 0 Å². The topological polar surface area (TPSA) is 45.6 Å². The maximum Gasteiger partial charge on any atom is 0.142 e. The van der Waals surface area contributed by atoms with Crippen molar-refractivity contribution in [3.05, 3.63) is 48.3 Å². The van der Waals surface area contributed by atoms with Crippen LogP contribution in [0.2, 0.25) is 0 Å². The van der Waals surface area contributed by atoms with Crippen molar-refractivity contribution < 1.29 is 9.84 Å². The Morgan fingerprint density at radius 2 is 1.95 bits per heavy atom. The minimum absolute atomic E-state index is 0.550. The molecule has 0 spiro atoms. The summed E-state index contributed by atoms with van der Waals surface area (Å²) in [6.07, 6.45) is 1.19. The van der Waals surface area contributed by atoms with Gasteiger partial charge in [-0.05, 0) is 31.2 Å². The van der Waals surface area contributed by atoms with Gasteiger partial charge in [-0.25, -0.2) is 0 Å². The molecule has 0 unspecified atom stereocenters. The number of pyridine rings is 1. The molecule has 1 aromatic carbocycles. The molecule has 2 rings (SSSR count). The molecule has 0 bridgehead atoms. The lowest BCUT2D eigenvalue weighted by Gasteiger charge is -2.21. The van der Waals surface area contributed by atoms with E-state index in [-0.39, 0.29) is 0 Å². The molecule has 0 radical (unpaired) electrons. The number of hydrogen-bond acceptors (Lipinski definition) is 4. The van der Waals surface area contributed by atoms with Crippen molar-refractivity contribution in [1.82, 2.24) is 4.98 Å². The number of rotatable bonds is 4. The monoisotopic (exact) mass is 258 g/mol. The van der Waals surface area contributed by atoms with Crippen LogP contribution < -0.4 is 9.64 Å². The maximum atomic E-state index is 9.46. The summed E-state index contributed by atoms with van der Waals surface area (Å²) in [7, 11) is 3.61. The van der Waals surface area contributed by atoms with Gasteiger partial charge < -0.3 is 14.7 Å². The highest BCUT2D eigenvalue weighted by molar-refractivity contribution is 5.67. The fourth-order valence-electron chi connectivity index (χ4n) is 1.89. The van der Waals surface area contributed by atoms with Crippen LogP contribution in [0.4, 0.5) is 11.4 Å². The van der Waals surface area contributed by atoms with Gasteiger partial charge in [0.2, 0.25) is 0 Å². The van der Waals surface area contributed by atoms with Crippen molar-refractivity contribution in [2.75, 3.05) is 19.1 Å². The van der Waals surface area contributed by atoms with E-state index in [4.69, 9.17) is 4.74 Å². The van der Waals surface area contributed by atoms with E-state index >= 15 is 0 Å². The van der Waals surface area contributed by atoms with E-state index in [0.29, 0.717) is 5.69 Å². The van der Waals surface area contributed by atoms with Gasteiger partial charge in [0, 0.05) is 7.05 Å². The Morgan fingerprint density at radius 3 is 2.53 bits per heavy atom. The zero-order valence-corrected chi connectivity index (χ0v) is 11.4. The van der Waals surface area contributed by atoms with Crippen molar-refractivity contribution in [3.8, 4) is 5.75 Å². The highest BCUT2D eigenvalue weighted by Crippen LogP contribution is 2.31. The van der Waals surface area contributed by atoms with Gasteiger partial charge in [-0.2, -0.15) is 0 Å². The first-order chi connectivity index (χ1) is 9.13. The molecule has 100 valence electrons. The SMILES string of the molecule is COc1ccccc1N(C)c1ccc([C@@H](C)O)nc1. The third kappa shape index (κ3) is 2.85. The molecule has 0 amide bonds. The molecular weight excluding hydrogens is 240 g/mol. The Bertz CT molecular complexity index is 538. The highest BCUT2D eigenvalue weighted by atomic mass is 16.5. The van der Waals surface area contributed by atoms with Crippen LogP contribution in [0.25, 0.3) is 0 Å². The van der Waals surface area contributed by atoms with E-state index in [9.17, 15) is 5.11 Å². The Kier molecular flexibility index (Phi) is 4.02. The third-order valence-corrected chi connectivity index (χ3v) is 3.03. The molecule has 1 aromatic heterocycles. The number of ether oxygens (including phenoxy) is 1.